The Labute approximate surface area is 131 Å². The molecule has 4 nitrogen and oxygen atoms in total. The molecule has 0 saturated heterocycles. The number of anilines is 1. The standard InChI is InChI=1S/C18H22N2O2/c21-14-13-20(15-16-7-3-1-4-8-16)12-11-18(22)19-17-9-5-2-6-10-17/h1-10,21H,11-15H2,(H,19,22)/p+1. The zero-order chi connectivity index (χ0) is 15.6. The Hall–Kier alpha value is -2.17. The lowest BCUT2D eigenvalue weighted by molar-refractivity contribution is -0.913. The van der Waals surface area contributed by atoms with Gasteiger partial charge in [0.1, 0.15) is 13.1 Å². The predicted molar refractivity (Wildman–Crippen MR) is 87.6 cm³/mol. The number of carbonyl (C=O) groups excluding carboxylic acids is 1. The van der Waals surface area contributed by atoms with Gasteiger partial charge in [0, 0.05) is 11.3 Å². The second-order valence-electron chi connectivity index (χ2n) is 5.30. The van der Waals surface area contributed by atoms with Gasteiger partial charge in [0.05, 0.1) is 19.6 Å². The molecule has 1 unspecified atom stereocenters. The van der Waals surface area contributed by atoms with E-state index in [1.54, 1.807) is 0 Å². The Kier molecular flexibility index (Phi) is 6.61. The molecule has 2 aromatic carbocycles. The number of rotatable bonds is 8. The fourth-order valence-electron chi connectivity index (χ4n) is 2.38. The normalized spacial score (nSPS) is 11.9. The Morgan fingerprint density at radius 2 is 1.59 bits per heavy atom. The number of benzene rings is 2. The van der Waals surface area contributed by atoms with Crippen molar-refractivity contribution in [3.05, 3.63) is 66.2 Å². The molecule has 4 heteroatoms. The molecule has 0 aliphatic heterocycles. The molecule has 0 radical (unpaired) electrons. The van der Waals surface area contributed by atoms with Crippen LogP contribution in [-0.2, 0) is 11.3 Å². The van der Waals surface area contributed by atoms with Crippen molar-refractivity contribution in [2.45, 2.75) is 13.0 Å². The summed E-state index contributed by atoms with van der Waals surface area (Å²) < 4.78 is 0. The van der Waals surface area contributed by atoms with Crippen molar-refractivity contribution in [3.8, 4) is 0 Å². The largest absolute Gasteiger partial charge is 0.391 e. The van der Waals surface area contributed by atoms with Gasteiger partial charge in [0.15, 0.2) is 0 Å². The summed E-state index contributed by atoms with van der Waals surface area (Å²) in [4.78, 5) is 13.2. The highest BCUT2D eigenvalue weighted by Crippen LogP contribution is 2.04. The second-order valence-corrected chi connectivity index (χ2v) is 5.30. The number of nitrogens with one attached hydrogen (secondary N) is 2. The first-order valence-electron chi connectivity index (χ1n) is 7.61. The zero-order valence-electron chi connectivity index (χ0n) is 12.7. The number of carbonyl (C=O) groups is 1. The molecule has 0 aliphatic carbocycles. The molecule has 1 atom stereocenters. The van der Waals surface area contributed by atoms with E-state index in [0.29, 0.717) is 19.5 Å². The van der Waals surface area contributed by atoms with Crippen LogP contribution in [0.5, 0.6) is 0 Å². The van der Waals surface area contributed by atoms with Crippen molar-refractivity contribution in [2.75, 3.05) is 25.0 Å². The highest BCUT2D eigenvalue weighted by Gasteiger charge is 2.12. The minimum atomic E-state index is 0.00898. The number of hydrogen-bond acceptors (Lipinski definition) is 2. The SMILES string of the molecule is O=C(CC[NH+](CCO)Cc1ccccc1)Nc1ccccc1. The molecule has 0 aromatic heterocycles. The summed E-state index contributed by atoms with van der Waals surface area (Å²) in [5.41, 5.74) is 2.04. The first-order chi connectivity index (χ1) is 10.8. The zero-order valence-corrected chi connectivity index (χ0v) is 12.7. The molecule has 2 aromatic rings. The lowest BCUT2D eigenvalue weighted by atomic mass is 10.2. The van der Waals surface area contributed by atoms with E-state index in [1.165, 1.54) is 10.5 Å². The van der Waals surface area contributed by atoms with Gasteiger partial charge in [-0.25, -0.2) is 0 Å². The lowest BCUT2D eigenvalue weighted by Gasteiger charge is -2.18. The van der Waals surface area contributed by atoms with E-state index in [9.17, 15) is 9.90 Å². The summed E-state index contributed by atoms with van der Waals surface area (Å²) in [7, 11) is 0. The minimum absolute atomic E-state index is 0.00898. The van der Waals surface area contributed by atoms with Crippen LogP contribution in [0.15, 0.2) is 60.7 Å². The Bertz CT molecular complexity index is 558. The van der Waals surface area contributed by atoms with Crippen molar-refractivity contribution >= 4 is 11.6 Å². The van der Waals surface area contributed by atoms with Crippen LogP contribution in [0, 0.1) is 0 Å². The summed E-state index contributed by atoms with van der Waals surface area (Å²) in [5, 5.41) is 12.1. The molecule has 0 aliphatic rings. The maximum atomic E-state index is 12.0. The van der Waals surface area contributed by atoms with Gasteiger partial charge in [-0.15, -0.1) is 0 Å². The van der Waals surface area contributed by atoms with Gasteiger partial charge < -0.3 is 15.3 Å². The molecule has 0 bridgehead atoms. The topological polar surface area (TPSA) is 53.8 Å². The van der Waals surface area contributed by atoms with Crippen LogP contribution in [-0.4, -0.2) is 30.7 Å². The molecule has 22 heavy (non-hydrogen) atoms. The van der Waals surface area contributed by atoms with Crippen LogP contribution in [0.4, 0.5) is 5.69 Å². The summed E-state index contributed by atoms with van der Waals surface area (Å²) in [6.07, 6.45) is 0.442. The first-order valence-corrected chi connectivity index (χ1v) is 7.61. The lowest BCUT2D eigenvalue weighted by Crippen LogP contribution is -3.11. The van der Waals surface area contributed by atoms with E-state index in [2.05, 4.69) is 17.4 Å². The van der Waals surface area contributed by atoms with Crippen molar-refractivity contribution in [1.29, 1.82) is 0 Å². The second kappa shape index (κ2) is 8.97. The summed E-state index contributed by atoms with van der Waals surface area (Å²) in [5.74, 6) is 0.00898. The van der Waals surface area contributed by atoms with Gasteiger partial charge in [-0.3, -0.25) is 4.79 Å². The molecule has 0 fully saturated rings. The van der Waals surface area contributed by atoms with Crippen LogP contribution >= 0.6 is 0 Å². The van der Waals surface area contributed by atoms with Crippen LogP contribution < -0.4 is 10.2 Å². The fraction of sp³-hybridized carbons (Fsp3) is 0.278. The third-order valence-corrected chi connectivity index (χ3v) is 3.53. The van der Waals surface area contributed by atoms with Crippen LogP contribution in [0.1, 0.15) is 12.0 Å². The molecular weight excluding hydrogens is 276 g/mol. The van der Waals surface area contributed by atoms with E-state index in [1.807, 2.05) is 48.5 Å². The van der Waals surface area contributed by atoms with Gasteiger partial charge in [-0.1, -0.05) is 48.5 Å². The number of para-hydroxylation sites is 1. The highest BCUT2D eigenvalue weighted by atomic mass is 16.3. The van der Waals surface area contributed by atoms with Crippen molar-refractivity contribution in [1.82, 2.24) is 0 Å². The molecule has 0 saturated carbocycles. The number of hydrogen-bond donors (Lipinski definition) is 3. The Morgan fingerprint density at radius 1 is 0.955 bits per heavy atom. The molecule has 1 amide bonds. The monoisotopic (exact) mass is 299 g/mol. The predicted octanol–water partition coefficient (Wildman–Crippen LogP) is 1.09. The number of aliphatic hydroxyl groups excluding tert-OH is 1. The minimum Gasteiger partial charge on any atom is -0.391 e. The maximum Gasteiger partial charge on any atom is 0.230 e. The van der Waals surface area contributed by atoms with Crippen LogP contribution in [0.25, 0.3) is 0 Å². The summed E-state index contributed by atoms with van der Waals surface area (Å²) in [6, 6.07) is 19.6. The molecule has 116 valence electrons. The van der Waals surface area contributed by atoms with E-state index in [4.69, 9.17) is 0 Å². The molecule has 0 spiro atoms. The van der Waals surface area contributed by atoms with E-state index in [0.717, 1.165) is 12.2 Å². The van der Waals surface area contributed by atoms with E-state index in [-0.39, 0.29) is 12.5 Å². The summed E-state index contributed by atoms with van der Waals surface area (Å²) >= 11 is 0. The van der Waals surface area contributed by atoms with E-state index >= 15 is 0 Å². The smallest absolute Gasteiger partial charge is 0.230 e. The molecule has 0 heterocycles. The van der Waals surface area contributed by atoms with Gasteiger partial charge in [0.25, 0.3) is 0 Å². The van der Waals surface area contributed by atoms with Crippen LogP contribution in [0.2, 0.25) is 0 Å². The average Bonchev–Trinajstić information content (AvgIpc) is 2.55. The first kappa shape index (κ1) is 16.2. The third-order valence-electron chi connectivity index (χ3n) is 3.53. The Morgan fingerprint density at radius 3 is 2.23 bits per heavy atom. The van der Waals surface area contributed by atoms with Crippen LogP contribution in [0.3, 0.4) is 0 Å². The van der Waals surface area contributed by atoms with Gasteiger partial charge in [0.2, 0.25) is 5.91 Å². The number of quaternary nitrogens is 1. The average molecular weight is 299 g/mol. The van der Waals surface area contributed by atoms with Gasteiger partial charge in [-0.2, -0.15) is 0 Å². The molecular formula is C18H23N2O2+. The highest BCUT2D eigenvalue weighted by molar-refractivity contribution is 5.90. The maximum absolute atomic E-state index is 12.0. The third kappa shape index (κ3) is 5.68. The van der Waals surface area contributed by atoms with Gasteiger partial charge in [-0.05, 0) is 12.1 Å². The fourth-order valence-corrected chi connectivity index (χ4v) is 2.38. The van der Waals surface area contributed by atoms with Crippen molar-refractivity contribution in [3.63, 3.8) is 0 Å². The number of aliphatic hydroxyl groups is 1. The summed E-state index contributed by atoms with van der Waals surface area (Å²) in [6.45, 7) is 2.30. The number of amides is 1. The molecule has 3 N–H and O–H groups in total. The van der Waals surface area contributed by atoms with E-state index < -0.39 is 0 Å². The van der Waals surface area contributed by atoms with Crippen molar-refractivity contribution < 1.29 is 14.8 Å². The van der Waals surface area contributed by atoms with Gasteiger partial charge >= 0.3 is 0 Å². The molecule has 2 rings (SSSR count). The Balaban J connectivity index is 1.82. The van der Waals surface area contributed by atoms with Crippen molar-refractivity contribution in [2.24, 2.45) is 0 Å². The quantitative estimate of drug-likeness (QED) is 0.683.